The second kappa shape index (κ2) is 10.1. The first kappa shape index (κ1) is 22.5. The van der Waals surface area contributed by atoms with Crippen LogP contribution in [0.15, 0.2) is 34.4 Å². The summed E-state index contributed by atoms with van der Waals surface area (Å²) in [6.07, 6.45) is 7.06. The average molecular weight is 429 g/mol. The van der Waals surface area contributed by atoms with Gasteiger partial charge in [0.2, 0.25) is 0 Å². The number of carbonyl (C=O) groups is 3. The number of thioether (sulfide) groups is 1. The Morgan fingerprint density at radius 1 is 1.36 bits per heavy atom. The largest absolute Gasteiger partial charge is 0.478 e. The van der Waals surface area contributed by atoms with Crippen molar-refractivity contribution in [2.24, 2.45) is 0 Å². The zero-order valence-corrected chi connectivity index (χ0v) is 17.8. The van der Waals surface area contributed by atoms with Gasteiger partial charge in [0.05, 0.1) is 7.11 Å². The number of halogens is 1. The summed E-state index contributed by atoms with van der Waals surface area (Å²) in [6.45, 7) is 0.753. The lowest BCUT2D eigenvalue weighted by Crippen LogP contribution is -2.49. The first-order valence-electron chi connectivity index (χ1n) is 8.93. The monoisotopic (exact) mass is 428 g/mol. The Hall–Kier alpha value is -1.77. The molecule has 7 nitrogen and oxygen atoms in total. The highest BCUT2D eigenvalue weighted by Gasteiger charge is 2.37. The van der Waals surface area contributed by atoms with Gasteiger partial charge in [-0.3, -0.25) is 9.69 Å². The summed E-state index contributed by atoms with van der Waals surface area (Å²) in [5.74, 6) is -1.52. The molecule has 28 heavy (non-hydrogen) atoms. The van der Waals surface area contributed by atoms with Crippen molar-refractivity contribution in [3.63, 3.8) is 0 Å². The van der Waals surface area contributed by atoms with Gasteiger partial charge in [0.1, 0.15) is 6.04 Å². The predicted molar refractivity (Wildman–Crippen MR) is 109 cm³/mol. The third-order valence-corrected chi connectivity index (χ3v) is 6.37. The number of piperidine rings is 1. The summed E-state index contributed by atoms with van der Waals surface area (Å²) in [5, 5.41) is 9.39. The number of aliphatic carboxylic acids is 1. The molecule has 0 radical (unpaired) electrons. The number of esters is 1. The summed E-state index contributed by atoms with van der Waals surface area (Å²) in [5.41, 5.74) is 1.27. The van der Waals surface area contributed by atoms with Crippen molar-refractivity contribution in [3.8, 4) is 0 Å². The Kier molecular flexibility index (Phi) is 8.15. The zero-order chi connectivity index (χ0) is 20.8. The number of carboxylic acid groups (broad SMARTS) is 1. The molecule has 9 heteroatoms. The molecule has 2 aliphatic rings. The van der Waals surface area contributed by atoms with Crippen molar-refractivity contribution in [1.29, 1.82) is 0 Å². The molecule has 1 unspecified atom stereocenters. The Balaban J connectivity index is 2.29. The molecule has 1 aliphatic carbocycles. The van der Waals surface area contributed by atoms with Gasteiger partial charge in [-0.1, -0.05) is 35.5 Å². The van der Waals surface area contributed by atoms with E-state index in [9.17, 15) is 19.5 Å². The lowest BCUT2D eigenvalue weighted by atomic mass is 9.95. The van der Waals surface area contributed by atoms with E-state index in [1.54, 1.807) is 14.1 Å². The smallest absolute Gasteiger partial charge is 0.328 e. The molecule has 1 heterocycles. The van der Waals surface area contributed by atoms with Crippen LogP contribution in [0.5, 0.6) is 0 Å². The van der Waals surface area contributed by atoms with E-state index in [0.717, 1.165) is 30.7 Å². The van der Waals surface area contributed by atoms with E-state index >= 15 is 0 Å². The molecule has 0 bridgehead atoms. The van der Waals surface area contributed by atoms with E-state index in [0.29, 0.717) is 29.1 Å². The third-order valence-electron chi connectivity index (χ3n) is 4.61. The standard InChI is InChI=1S/C19H25ClN2O5S/c1-21(2)19(26)28-15-8-9-22(11-12(15)10-16(23)24)17(18(25)27-3)13-6-4-5-7-14(13)20/h6-7,10,15,17H,4-5,8-9,11H2,1-3H3,(H,23,24)/b12-10-/t15?,17-/m0/s1. The highest BCUT2D eigenvalue weighted by Crippen LogP contribution is 2.34. The number of carbonyl (C=O) groups excluding carboxylic acids is 2. The summed E-state index contributed by atoms with van der Waals surface area (Å²) in [4.78, 5) is 39.3. The molecule has 154 valence electrons. The molecule has 1 amide bonds. The number of nitrogens with zero attached hydrogens (tertiary/aromatic N) is 2. The predicted octanol–water partition coefficient (Wildman–Crippen LogP) is 2.87. The Bertz CT molecular complexity index is 732. The third kappa shape index (κ3) is 5.62. The maximum Gasteiger partial charge on any atom is 0.328 e. The zero-order valence-electron chi connectivity index (χ0n) is 16.2. The molecule has 2 rings (SSSR count). The minimum Gasteiger partial charge on any atom is -0.478 e. The quantitative estimate of drug-likeness (QED) is 0.532. The van der Waals surface area contributed by atoms with Crippen LogP contribution in [0.4, 0.5) is 4.79 Å². The van der Waals surface area contributed by atoms with Crippen molar-refractivity contribution in [2.45, 2.75) is 30.6 Å². The maximum atomic E-state index is 12.5. The minimum atomic E-state index is -1.08. The van der Waals surface area contributed by atoms with Crippen LogP contribution in [0.3, 0.4) is 0 Å². The Morgan fingerprint density at radius 3 is 2.61 bits per heavy atom. The molecule has 0 saturated carbocycles. The Morgan fingerprint density at radius 2 is 2.04 bits per heavy atom. The van der Waals surface area contributed by atoms with Gasteiger partial charge in [-0.2, -0.15) is 0 Å². The molecule has 0 aromatic carbocycles. The van der Waals surface area contributed by atoms with E-state index in [4.69, 9.17) is 16.3 Å². The van der Waals surface area contributed by atoms with Crippen LogP contribution in [0.2, 0.25) is 0 Å². The summed E-state index contributed by atoms with van der Waals surface area (Å²) < 4.78 is 5.00. The van der Waals surface area contributed by atoms with Gasteiger partial charge in [-0.15, -0.1) is 0 Å². The van der Waals surface area contributed by atoms with Crippen LogP contribution in [0.25, 0.3) is 0 Å². The van der Waals surface area contributed by atoms with Crippen molar-refractivity contribution >= 4 is 40.5 Å². The number of ether oxygens (including phenoxy) is 1. The normalized spacial score (nSPS) is 22.9. The molecular formula is C19H25ClN2O5S. The number of rotatable bonds is 5. The van der Waals surface area contributed by atoms with Crippen molar-refractivity contribution in [2.75, 3.05) is 34.3 Å². The van der Waals surface area contributed by atoms with Gasteiger partial charge < -0.3 is 14.7 Å². The molecule has 1 saturated heterocycles. The molecule has 1 fully saturated rings. The van der Waals surface area contributed by atoms with Crippen LogP contribution >= 0.6 is 23.4 Å². The molecule has 2 atom stereocenters. The summed E-state index contributed by atoms with van der Waals surface area (Å²) in [6, 6.07) is -0.707. The van der Waals surface area contributed by atoms with E-state index in [1.807, 2.05) is 17.1 Å². The van der Waals surface area contributed by atoms with Gasteiger partial charge in [0, 0.05) is 43.5 Å². The number of allylic oxidation sites excluding steroid dienone is 2. The number of likely N-dealkylation sites (tertiary alicyclic amines) is 1. The van der Waals surface area contributed by atoms with Gasteiger partial charge in [-0.25, -0.2) is 9.59 Å². The molecule has 1 N–H and O–H groups in total. The first-order chi connectivity index (χ1) is 13.2. The fraction of sp³-hybridized carbons (Fsp3) is 0.526. The lowest BCUT2D eigenvalue weighted by molar-refractivity contribution is -0.145. The van der Waals surface area contributed by atoms with Crippen LogP contribution in [-0.2, 0) is 14.3 Å². The minimum absolute atomic E-state index is 0.139. The van der Waals surface area contributed by atoms with Crippen LogP contribution in [0.1, 0.15) is 19.3 Å². The lowest BCUT2D eigenvalue weighted by Gasteiger charge is -2.38. The van der Waals surface area contributed by atoms with E-state index in [2.05, 4.69) is 0 Å². The SMILES string of the molecule is COC(=O)[C@H](C1=CCCC=C1Cl)N1CCC(SC(=O)N(C)C)/C(=C\C(=O)O)C1. The fourth-order valence-electron chi connectivity index (χ4n) is 3.25. The second-order valence-corrected chi connectivity index (χ2v) is 8.36. The number of amides is 1. The highest BCUT2D eigenvalue weighted by atomic mass is 35.5. The van der Waals surface area contributed by atoms with Gasteiger partial charge >= 0.3 is 11.9 Å². The van der Waals surface area contributed by atoms with Crippen LogP contribution in [-0.4, -0.2) is 77.7 Å². The van der Waals surface area contributed by atoms with Gasteiger partial charge in [0.15, 0.2) is 0 Å². The molecule has 0 aromatic rings. The average Bonchev–Trinajstić information content (AvgIpc) is 2.64. The van der Waals surface area contributed by atoms with E-state index < -0.39 is 18.0 Å². The van der Waals surface area contributed by atoms with Crippen molar-refractivity contribution < 1.29 is 24.2 Å². The Labute approximate surface area is 174 Å². The summed E-state index contributed by atoms with van der Waals surface area (Å²) in [7, 11) is 4.63. The number of hydrogen-bond donors (Lipinski definition) is 1. The first-order valence-corrected chi connectivity index (χ1v) is 10.2. The number of carboxylic acids is 1. The molecule has 0 aromatic heterocycles. The number of methoxy groups -OCH3 is 1. The molecular weight excluding hydrogens is 404 g/mol. The van der Waals surface area contributed by atoms with Crippen LogP contribution < -0.4 is 0 Å². The molecule has 0 spiro atoms. The maximum absolute atomic E-state index is 12.5. The van der Waals surface area contributed by atoms with Gasteiger partial charge in [0.25, 0.3) is 5.24 Å². The van der Waals surface area contributed by atoms with Crippen molar-refractivity contribution in [3.05, 3.63) is 34.4 Å². The highest BCUT2D eigenvalue weighted by molar-refractivity contribution is 8.14. The molecule has 1 aliphatic heterocycles. The topological polar surface area (TPSA) is 87.2 Å². The van der Waals surface area contributed by atoms with E-state index in [-0.39, 0.29) is 17.0 Å². The second-order valence-electron chi connectivity index (χ2n) is 6.80. The summed E-state index contributed by atoms with van der Waals surface area (Å²) >= 11 is 7.45. The van der Waals surface area contributed by atoms with Crippen LogP contribution in [0, 0.1) is 0 Å². The van der Waals surface area contributed by atoms with E-state index in [1.165, 1.54) is 12.0 Å². The number of hydrogen-bond acceptors (Lipinski definition) is 6. The van der Waals surface area contributed by atoms with Crippen molar-refractivity contribution in [1.82, 2.24) is 9.80 Å². The fourth-order valence-corrected chi connectivity index (χ4v) is 4.52. The van der Waals surface area contributed by atoms with Gasteiger partial charge in [-0.05, 0) is 30.4 Å².